The molecule has 1 heterocycles. The van der Waals surface area contributed by atoms with Crippen molar-refractivity contribution in [1.29, 1.82) is 0 Å². The van der Waals surface area contributed by atoms with Crippen LogP contribution >= 0.6 is 0 Å². The Morgan fingerprint density at radius 3 is 2.38 bits per heavy atom. The lowest BCUT2D eigenvalue weighted by Gasteiger charge is -1.88. The van der Waals surface area contributed by atoms with Crippen molar-refractivity contribution in [1.82, 2.24) is 9.97 Å². The number of hydrogen-bond acceptors (Lipinski definition) is 3. The molecule has 0 saturated carbocycles. The standard InChI is InChI=1S/C4H6N3O/c1-8-7-3-5-2-6-4-7/h2-4H,1H3/q+1. The molecule has 0 bridgehead atoms. The van der Waals surface area contributed by atoms with Crippen LogP contribution in [0.15, 0.2) is 19.0 Å². The summed E-state index contributed by atoms with van der Waals surface area (Å²) in [6.07, 6.45) is 4.48. The van der Waals surface area contributed by atoms with Gasteiger partial charge in [-0.05, 0) is 0 Å². The second-order valence-corrected chi connectivity index (χ2v) is 1.19. The van der Waals surface area contributed by atoms with Crippen molar-refractivity contribution in [3.05, 3.63) is 19.0 Å². The molecule has 42 valence electrons. The van der Waals surface area contributed by atoms with Crippen molar-refractivity contribution in [2.24, 2.45) is 0 Å². The first-order valence-corrected chi connectivity index (χ1v) is 2.14. The van der Waals surface area contributed by atoms with Crippen molar-refractivity contribution in [2.75, 3.05) is 7.11 Å². The summed E-state index contributed by atoms with van der Waals surface area (Å²) < 4.78 is 1.40. The van der Waals surface area contributed by atoms with E-state index in [0.29, 0.717) is 0 Å². The second-order valence-electron chi connectivity index (χ2n) is 1.19. The summed E-state index contributed by atoms with van der Waals surface area (Å²) in [7, 11) is 1.54. The van der Waals surface area contributed by atoms with Gasteiger partial charge in [-0.3, -0.25) is 0 Å². The number of hydrogen-bond donors (Lipinski definition) is 0. The lowest BCUT2D eigenvalue weighted by molar-refractivity contribution is -0.889. The lowest BCUT2D eigenvalue weighted by Crippen LogP contribution is -2.40. The fourth-order valence-electron chi connectivity index (χ4n) is 0.354. The van der Waals surface area contributed by atoms with Crippen molar-refractivity contribution >= 4 is 0 Å². The summed E-state index contributed by atoms with van der Waals surface area (Å²) in [5, 5.41) is 0. The first kappa shape index (κ1) is 4.96. The van der Waals surface area contributed by atoms with E-state index in [1.165, 1.54) is 23.7 Å². The van der Waals surface area contributed by atoms with Crippen molar-refractivity contribution < 1.29 is 9.57 Å². The van der Waals surface area contributed by atoms with Crippen molar-refractivity contribution in [3.8, 4) is 0 Å². The number of aromatic nitrogens is 3. The zero-order valence-electron chi connectivity index (χ0n) is 4.48. The van der Waals surface area contributed by atoms with Crippen LogP contribution in [-0.4, -0.2) is 17.1 Å². The third kappa shape index (κ3) is 0.900. The molecule has 0 aliphatic heterocycles. The van der Waals surface area contributed by atoms with E-state index in [4.69, 9.17) is 4.84 Å². The average molecular weight is 112 g/mol. The highest BCUT2D eigenvalue weighted by Gasteiger charge is 1.87. The Balaban J connectivity index is 2.83. The summed E-state index contributed by atoms with van der Waals surface area (Å²) in [6, 6.07) is 0. The smallest absolute Gasteiger partial charge is 0.267 e. The quantitative estimate of drug-likeness (QED) is 0.429. The molecule has 0 unspecified atom stereocenters. The Labute approximate surface area is 46.7 Å². The van der Waals surface area contributed by atoms with Crippen molar-refractivity contribution in [3.63, 3.8) is 0 Å². The third-order valence-corrected chi connectivity index (χ3v) is 0.705. The highest BCUT2D eigenvalue weighted by Crippen LogP contribution is 1.56. The molecular weight excluding hydrogens is 106 g/mol. The molecule has 0 N–H and O–H groups in total. The molecule has 0 aromatic carbocycles. The van der Waals surface area contributed by atoms with Crippen LogP contribution < -0.4 is 9.57 Å². The van der Waals surface area contributed by atoms with E-state index in [0.717, 1.165) is 0 Å². The van der Waals surface area contributed by atoms with E-state index in [1.807, 2.05) is 0 Å². The van der Waals surface area contributed by atoms with E-state index < -0.39 is 0 Å². The molecule has 4 nitrogen and oxygen atoms in total. The van der Waals surface area contributed by atoms with Gasteiger partial charge in [-0.1, -0.05) is 14.7 Å². The van der Waals surface area contributed by atoms with Crippen LogP contribution in [0.3, 0.4) is 0 Å². The van der Waals surface area contributed by atoms with Crippen molar-refractivity contribution in [2.45, 2.75) is 0 Å². The number of nitrogens with zero attached hydrogens (tertiary/aromatic N) is 3. The molecule has 0 aliphatic rings. The maximum atomic E-state index is 4.71. The Bertz CT molecular complexity index is 153. The molecule has 0 aliphatic carbocycles. The summed E-state index contributed by atoms with van der Waals surface area (Å²) >= 11 is 0. The highest BCUT2D eigenvalue weighted by molar-refractivity contribution is 4.40. The van der Waals surface area contributed by atoms with Crippen LogP contribution in [0.2, 0.25) is 0 Å². The molecular formula is C4H6N3O+. The van der Waals surface area contributed by atoms with E-state index in [2.05, 4.69) is 9.97 Å². The molecule has 1 aromatic rings. The summed E-state index contributed by atoms with van der Waals surface area (Å²) in [5.41, 5.74) is 0. The summed E-state index contributed by atoms with van der Waals surface area (Å²) in [6.45, 7) is 0. The Morgan fingerprint density at radius 2 is 2.00 bits per heavy atom. The maximum Gasteiger partial charge on any atom is 0.267 e. The van der Waals surface area contributed by atoms with Crippen LogP contribution in [0.4, 0.5) is 0 Å². The van der Waals surface area contributed by atoms with Crippen LogP contribution in [-0.2, 0) is 0 Å². The van der Waals surface area contributed by atoms with Gasteiger partial charge in [0.05, 0.1) is 0 Å². The van der Waals surface area contributed by atoms with Gasteiger partial charge in [0.15, 0.2) is 0 Å². The molecule has 8 heavy (non-hydrogen) atoms. The first-order chi connectivity index (χ1) is 3.93. The monoisotopic (exact) mass is 112 g/mol. The minimum absolute atomic E-state index is 1.40. The molecule has 1 rings (SSSR count). The zero-order chi connectivity index (χ0) is 5.82. The van der Waals surface area contributed by atoms with Gasteiger partial charge in [0.2, 0.25) is 0 Å². The highest BCUT2D eigenvalue weighted by atomic mass is 16.6. The summed E-state index contributed by atoms with van der Waals surface area (Å²) in [5.74, 6) is 0. The molecule has 1 aromatic heterocycles. The van der Waals surface area contributed by atoms with Crippen LogP contribution in [0.1, 0.15) is 0 Å². The third-order valence-electron chi connectivity index (χ3n) is 0.705. The molecule has 0 fully saturated rings. The fourth-order valence-corrected chi connectivity index (χ4v) is 0.354. The molecule has 0 spiro atoms. The SMILES string of the molecule is CO[n+]1cncnc1. The average Bonchev–Trinajstić information content (AvgIpc) is 1.90. The Hall–Kier alpha value is -1.19. The minimum atomic E-state index is 1.40. The van der Waals surface area contributed by atoms with Gasteiger partial charge in [-0.25, -0.2) is 0 Å². The predicted molar refractivity (Wildman–Crippen MR) is 24.7 cm³/mol. The van der Waals surface area contributed by atoms with Gasteiger partial charge < -0.3 is 4.84 Å². The van der Waals surface area contributed by atoms with Crippen LogP contribution in [0.25, 0.3) is 0 Å². The first-order valence-electron chi connectivity index (χ1n) is 2.14. The largest absolute Gasteiger partial charge is 0.360 e. The zero-order valence-corrected chi connectivity index (χ0v) is 4.48. The molecule has 4 heteroatoms. The lowest BCUT2D eigenvalue weighted by atomic mass is 11.1. The molecule has 0 atom stereocenters. The maximum absolute atomic E-state index is 4.71. The minimum Gasteiger partial charge on any atom is -0.360 e. The van der Waals surface area contributed by atoms with E-state index >= 15 is 0 Å². The fraction of sp³-hybridized carbons (Fsp3) is 0.250. The van der Waals surface area contributed by atoms with Gasteiger partial charge in [0.25, 0.3) is 19.0 Å². The topological polar surface area (TPSA) is 38.9 Å². The molecule has 0 radical (unpaired) electrons. The van der Waals surface area contributed by atoms with Crippen LogP contribution in [0.5, 0.6) is 0 Å². The molecule has 0 saturated heterocycles. The van der Waals surface area contributed by atoms with Gasteiger partial charge in [0.1, 0.15) is 7.11 Å². The Morgan fingerprint density at radius 1 is 1.38 bits per heavy atom. The van der Waals surface area contributed by atoms with Gasteiger partial charge >= 0.3 is 0 Å². The second kappa shape index (κ2) is 2.20. The van der Waals surface area contributed by atoms with Gasteiger partial charge in [0, 0.05) is 0 Å². The van der Waals surface area contributed by atoms with E-state index in [-0.39, 0.29) is 0 Å². The molecule has 0 amide bonds. The summed E-state index contributed by atoms with van der Waals surface area (Å²) in [4.78, 5) is 12.1. The van der Waals surface area contributed by atoms with E-state index in [9.17, 15) is 0 Å². The van der Waals surface area contributed by atoms with E-state index in [1.54, 1.807) is 7.11 Å². The van der Waals surface area contributed by atoms with Gasteiger partial charge in [-0.2, -0.15) is 0 Å². The Kier molecular flexibility index (Phi) is 1.37. The van der Waals surface area contributed by atoms with Crippen LogP contribution in [0, 0.1) is 0 Å². The normalized spacial score (nSPS) is 8.62. The number of rotatable bonds is 1. The predicted octanol–water partition coefficient (Wildman–Crippen LogP) is -1.18. The van der Waals surface area contributed by atoms with Gasteiger partial charge in [-0.15, -0.1) is 0 Å².